The Kier molecular flexibility index (Phi) is 3.85. The van der Waals surface area contributed by atoms with Crippen LogP contribution < -0.4 is 4.90 Å². The SMILES string of the molecule is Clc1cncnc1N1CCN(Cc2nc3ccccc3o2)CC1. The lowest BCUT2D eigenvalue weighted by Crippen LogP contribution is -2.46. The Balaban J connectivity index is 1.41. The normalized spacial score (nSPS) is 16.1. The largest absolute Gasteiger partial charge is 0.439 e. The third kappa shape index (κ3) is 3.00. The quantitative estimate of drug-likeness (QED) is 0.736. The number of aromatic nitrogens is 3. The van der Waals surface area contributed by atoms with Gasteiger partial charge in [0.1, 0.15) is 16.9 Å². The van der Waals surface area contributed by atoms with Crippen molar-refractivity contribution in [1.82, 2.24) is 19.9 Å². The second-order valence-electron chi connectivity index (χ2n) is 5.53. The minimum Gasteiger partial charge on any atom is -0.439 e. The van der Waals surface area contributed by atoms with Crippen LogP contribution in [0.3, 0.4) is 0 Å². The van der Waals surface area contributed by atoms with E-state index in [4.69, 9.17) is 16.0 Å². The molecule has 0 spiro atoms. The second kappa shape index (κ2) is 6.14. The lowest BCUT2D eigenvalue weighted by molar-refractivity contribution is 0.228. The first-order valence-electron chi connectivity index (χ1n) is 7.57. The highest BCUT2D eigenvalue weighted by Gasteiger charge is 2.21. The maximum absolute atomic E-state index is 6.16. The first-order valence-corrected chi connectivity index (χ1v) is 7.94. The highest BCUT2D eigenvalue weighted by molar-refractivity contribution is 6.32. The van der Waals surface area contributed by atoms with Gasteiger partial charge in [0, 0.05) is 26.2 Å². The number of anilines is 1. The molecule has 0 unspecified atom stereocenters. The van der Waals surface area contributed by atoms with Gasteiger partial charge in [0.25, 0.3) is 0 Å². The van der Waals surface area contributed by atoms with Gasteiger partial charge < -0.3 is 9.32 Å². The van der Waals surface area contributed by atoms with Crippen LogP contribution in [0, 0.1) is 0 Å². The Labute approximate surface area is 138 Å². The van der Waals surface area contributed by atoms with Gasteiger partial charge in [-0.1, -0.05) is 23.7 Å². The van der Waals surface area contributed by atoms with Crippen LogP contribution >= 0.6 is 11.6 Å². The summed E-state index contributed by atoms with van der Waals surface area (Å²) in [6, 6.07) is 7.85. The van der Waals surface area contributed by atoms with Crippen LogP contribution in [0.1, 0.15) is 5.89 Å². The smallest absolute Gasteiger partial charge is 0.209 e. The molecule has 3 aromatic rings. The highest BCUT2D eigenvalue weighted by atomic mass is 35.5. The number of hydrogen-bond acceptors (Lipinski definition) is 6. The second-order valence-corrected chi connectivity index (χ2v) is 5.94. The molecule has 23 heavy (non-hydrogen) atoms. The summed E-state index contributed by atoms with van der Waals surface area (Å²) in [7, 11) is 0. The number of oxazole rings is 1. The summed E-state index contributed by atoms with van der Waals surface area (Å²) in [6.07, 6.45) is 3.17. The van der Waals surface area contributed by atoms with Crippen molar-refractivity contribution in [3.8, 4) is 0 Å². The number of para-hydroxylation sites is 2. The zero-order valence-electron chi connectivity index (χ0n) is 12.5. The molecule has 0 bridgehead atoms. The number of fused-ring (bicyclic) bond motifs is 1. The molecule has 6 nitrogen and oxygen atoms in total. The number of piperazine rings is 1. The summed E-state index contributed by atoms with van der Waals surface area (Å²) in [6.45, 7) is 4.30. The summed E-state index contributed by atoms with van der Waals surface area (Å²) in [5, 5.41) is 0.597. The molecule has 1 saturated heterocycles. The van der Waals surface area contributed by atoms with E-state index < -0.39 is 0 Å². The van der Waals surface area contributed by atoms with Crippen LogP contribution in [0.2, 0.25) is 5.02 Å². The van der Waals surface area contributed by atoms with Crippen molar-refractivity contribution in [3.05, 3.63) is 47.7 Å². The van der Waals surface area contributed by atoms with Crippen molar-refractivity contribution in [1.29, 1.82) is 0 Å². The van der Waals surface area contributed by atoms with E-state index in [-0.39, 0.29) is 0 Å². The molecule has 0 N–H and O–H groups in total. The fraction of sp³-hybridized carbons (Fsp3) is 0.312. The van der Waals surface area contributed by atoms with Gasteiger partial charge in [-0.15, -0.1) is 0 Å². The molecular weight excluding hydrogens is 314 g/mol. The molecule has 1 aromatic carbocycles. The molecule has 1 fully saturated rings. The fourth-order valence-electron chi connectivity index (χ4n) is 2.84. The van der Waals surface area contributed by atoms with E-state index in [1.807, 2.05) is 24.3 Å². The van der Waals surface area contributed by atoms with Crippen molar-refractivity contribution >= 4 is 28.5 Å². The Morgan fingerprint density at radius 3 is 2.74 bits per heavy atom. The predicted molar refractivity (Wildman–Crippen MR) is 88.5 cm³/mol. The first kappa shape index (κ1) is 14.4. The lowest BCUT2D eigenvalue weighted by atomic mass is 10.3. The van der Waals surface area contributed by atoms with E-state index in [2.05, 4.69) is 24.8 Å². The summed E-state index contributed by atoms with van der Waals surface area (Å²) in [5.41, 5.74) is 1.75. The zero-order valence-corrected chi connectivity index (χ0v) is 13.3. The number of hydrogen-bond donors (Lipinski definition) is 0. The van der Waals surface area contributed by atoms with Gasteiger partial charge in [0.2, 0.25) is 5.89 Å². The fourth-order valence-corrected chi connectivity index (χ4v) is 3.06. The van der Waals surface area contributed by atoms with Crippen molar-refractivity contribution in [2.75, 3.05) is 31.1 Å². The van der Waals surface area contributed by atoms with Crippen molar-refractivity contribution in [3.63, 3.8) is 0 Å². The average Bonchev–Trinajstić information content (AvgIpc) is 2.98. The highest BCUT2D eigenvalue weighted by Crippen LogP contribution is 2.23. The van der Waals surface area contributed by atoms with Crippen LogP contribution in [0.4, 0.5) is 5.82 Å². The molecule has 4 rings (SSSR count). The Bertz CT molecular complexity index is 780. The monoisotopic (exact) mass is 329 g/mol. The van der Waals surface area contributed by atoms with Crippen LogP contribution in [0.5, 0.6) is 0 Å². The molecule has 118 valence electrons. The molecule has 0 atom stereocenters. The summed E-state index contributed by atoms with van der Waals surface area (Å²) in [4.78, 5) is 17.3. The van der Waals surface area contributed by atoms with Crippen LogP contribution in [-0.4, -0.2) is 46.0 Å². The summed E-state index contributed by atoms with van der Waals surface area (Å²) < 4.78 is 5.79. The summed E-state index contributed by atoms with van der Waals surface area (Å²) in [5.74, 6) is 1.57. The van der Waals surface area contributed by atoms with Gasteiger partial charge in [-0.3, -0.25) is 4.90 Å². The van der Waals surface area contributed by atoms with Gasteiger partial charge in [-0.2, -0.15) is 0 Å². The molecule has 0 aliphatic carbocycles. The number of benzene rings is 1. The number of rotatable bonds is 3. The minimum absolute atomic E-state index is 0.597. The molecular formula is C16H16ClN5O. The van der Waals surface area contributed by atoms with E-state index in [0.717, 1.165) is 55.5 Å². The van der Waals surface area contributed by atoms with Gasteiger partial charge in [0.15, 0.2) is 11.4 Å². The predicted octanol–water partition coefficient (Wildman–Crippen LogP) is 2.59. The van der Waals surface area contributed by atoms with Gasteiger partial charge in [-0.05, 0) is 12.1 Å². The topological polar surface area (TPSA) is 58.3 Å². The zero-order chi connectivity index (χ0) is 15.6. The first-order chi connectivity index (χ1) is 11.3. The van der Waals surface area contributed by atoms with Crippen LogP contribution in [-0.2, 0) is 6.54 Å². The van der Waals surface area contributed by atoms with Crippen molar-refractivity contribution in [2.24, 2.45) is 0 Å². The molecule has 1 aliphatic rings. The van der Waals surface area contributed by atoms with Crippen molar-refractivity contribution < 1.29 is 4.42 Å². The van der Waals surface area contributed by atoms with E-state index in [1.54, 1.807) is 6.20 Å². The van der Waals surface area contributed by atoms with E-state index in [0.29, 0.717) is 5.02 Å². The molecule has 0 amide bonds. The Morgan fingerprint density at radius 1 is 1.13 bits per heavy atom. The lowest BCUT2D eigenvalue weighted by Gasteiger charge is -2.34. The molecule has 2 aromatic heterocycles. The number of halogens is 1. The maximum Gasteiger partial charge on any atom is 0.209 e. The van der Waals surface area contributed by atoms with E-state index in [9.17, 15) is 0 Å². The number of nitrogens with zero attached hydrogens (tertiary/aromatic N) is 5. The van der Waals surface area contributed by atoms with Crippen LogP contribution in [0.15, 0.2) is 41.2 Å². The maximum atomic E-state index is 6.16. The van der Waals surface area contributed by atoms with E-state index in [1.165, 1.54) is 6.33 Å². The molecule has 3 heterocycles. The van der Waals surface area contributed by atoms with Gasteiger partial charge in [-0.25, -0.2) is 15.0 Å². The Morgan fingerprint density at radius 2 is 1.96 bits per heavy atom. The van der Waals surface area contributed by atoms with Crippen molar-refractivity contribution in [2.45, 2.75) is 6.54 Å². The van der Waals surface area contributed by atoms with Gasteiger partial charge in [0.05, 0.1) is 12.7 Å². The Hall–Kier alpha value is -2.18. The molecule has 0 saturated carbocycles. The van der Waals surface area contributed by atoms with E-state index >= 15 is 0 Å². The third-order valence-corrected chi connectivity index (χ3v) is 4.28. The summed E-state index contributed by atoms with van der Waals surface area (Å²) >= 11 is 6.16. The molecule has 1 aliphatic heterocycles. The standard InChI is InChI=1S/C16H16ClN5O/c17-12-9-18-11-19-16(12)22-7-5-21(6-8-22)10-15-20-13-3-1-2-4-14(13)23-15/h1-4,9,11H,5-8,10H2. The average molecular weight is 330 g/mol. The van der Waals surface area contributed by atoms with Gasteiger partial charge >= 0.3 is 0 Å². The molecule has 7 heteroatoms. The minimum atomic E-state index is 0.597. The molecule has 0 radical (unpaired) electrons. The third-order valence-electron chi connectivity index (χ3n) is 4.02. The van der Waals surface area contributed by atoms with Crippen LogP contribution in [0.25, 0.3) is 11.1 Å².